The molecule has 5 heteroatoms. The molecule has 1 aliphatic heterocycles. The van der Waals surface area contributed by atoms with E-state index in [-0.39, 0.29) is 6.29 Å². The zero-order chi connectivity index (χ0) is 7.61. The molecule has 0 spiro atoms. The number of rotatable bonds is 1. The van der Waals surface area contributed by atoms with Gasteiger partial charge in [0, 0.05) is 6.54 Å². The maximum Gasteiger partial charge on any atom is 0.342 e. The van der Waals surface area contributed by atoms with E-state index >= 15 is 0 Å². The lowest BCUT2D eigenvalue weighted by Crippen LogP contribution is -2.32. The van der Waals surface area contributed by atoms with Crippen molar-refractivity contribution in [2.24, 2.45) is 0 Å². The van der Waals surface area contributed by atoms with E-state index in [0.717, 1.165) is 13.1 Å². The van der Waals surface area contributed by atoms with E-state index in [2.05, 4.69) is 4.52 Å². The predicted molar refractivity (Wildman–Crippen MR) is 37.9 cm³/mol. The van der Waals surface area contributed by atoms with Crippen LogP contribution < -0.4 is 0 Å². The summed E-state index contributed by atoms with van der Waals surface area (Å²) in [4.78, 5) is 10.9. The standard InChI is InChI=1S/C5H12NO3P/c1-2-6-3-4-9-10(7,8)5-6/h2-5H2,1H3,(H,7,8). The summed E-state index contributed by atoms with van der Waals surface area (Å²) in [5, 5.41) is 0. The number of hydrogen-bond donors (Lipinski definition) is 1. The minimum atomic E-state index is -3.23. The average Bonchev–Trinajstić information content (AvgIpc) is 1.86. The zero-order valence-electron chi connectivity index (χ0n) is 5.99. The molecule has 10 heavy (non-hydrogen) atoms. The SMILES string of the molecule is CCN1CCOP(=O)(O)C1. The normalized spacial score (nSPS) is 36.2. The van der Waals surface area contributed by atoms with Gasteiger partial charge < -0.3 is 9.42 Å². The van der Waals surface area contributed by atoms with Crippen molar-refractivity contribution in [2.45, 2.75) is 6.92 Å². The van der Waals surface area contributed by atoms with Crippen molar-refractivity contribution in [1.29, 1.82) is 0 Å². The molecule has 1 unspecified atom stereocenters. The first-order valence-corrected chi connectivity index (χ1v) is 5.09. The molecule has 1 saturated heterocycles. The molecule has 0 radical (unpaired) electrons. The molecule has 1 aliphatic rings. The van der Waals surface area contributed by atoms with Gasteiger partial charge in [-0.05, 0) is 6.54 Å². The molecule has 0 aromatic rings. The number of nitrogens with zero attached hydrogens (tertiary/aromatic N) is 1. The number of likely N-dealkylation sites (N-methyl/N-ethyl adjacent to an activating group) is 1. The average molecular weight is 165 g/mol. The highest BCUT2D eigenvalue weighted by Gasteiger charge is 2.27. The molecular formula is C5H12NO3P. The molecule has 1 heterocycles. The summed E-state index contributed by atoms with van der Waals surface area (Å²) in [6, 6.07) is 0. The van der Waals surface area contributed by atoms with Gasteiger partial charge in [0.2, 0.25) is 0 Å². The van der Waals surface area contributed by atoms with Crippen molar-refractivity contribution < 1.29 is 14.0 Å². The van der Waals surface area contributed by atoms with Crippen molar-refractivity contribution >= 4 is 7.60 Å². The van der Waals surface area contributed by atoms with Gasteiger partial charge in [-0.1, -0.05) is 6.92 Å². The third-order valence-corrected chi connectivity index (χ3v) is 2.87. The number of hydrogen-bond acceptors (Lipinski definition) is 3. The van der Waals surface area contributed by atoms with Gasteiger partial charge in [-0.2, -0.15) is 0 Å². The van der Waals surface area contributed by atoms with Crippen LogP contribution in [0.3, 0.4) is 0 Å². The minimum Gasteiger partial charge on any atom is -0.323 e. The van der Waals surface area contributed by atoms with E-state index in [4.69, 9.17) is 4.89 Å². The smallest absolute Gasteiger partial charge is 0.323 e. The molecule has 0 aromatic carbocycles. The Morgan fingerprint density at radius 3 is 2.90 bits per heavy atom. The maximum atomic E-state index is 10.9. The molecule has 0 bridgehead atoms. The minimum absolute atomic E-state index is 0.184. The van der Waals surface area contributed by atoms with Crippen LogP contribution in [0.4, 0.5) is 0 Å². The second-order valence-corrected chi connectivity index (χ2v) is 4.14. The molecule has 4 nitrogen and oxygen atoms in total. The Hall–Kier alpha value is 0.110. The van der Waals surface area contributed by atoms with Crippen molar-refractivity contribution in [3.05, 3.63) is 0 Å². The molecular weight excluding hydrogens is 153 g/mol. The Bertz CT molecular complexity index is 161. The molecule has 60 valence electrons. The van der Waals surface area contributed by atoms with Gasteiger partial charge in [0.15, 0.2) is 0 Å². The molecule has 0 aliphatic carbocycles. The van der Waals surface area contributed by atoms with E-state index in [9.17, 15) is 4.57 Å². The van der Waals surface area contributed by atoms with Crippen molar-refractivity contribution in [1.82, 2.24) is 4.90 Å². The Labute approximate surface area is 60.3 Å². The highest BCUT2D eigenvalue weighted by Crippen LogP contribution is 2.44. The van der Waals surface area contributed by atoms with Crippen molar-refractivity contribution in [2.75, 3.05) is 26.0 Å². The quantitative estimate of drug-likeness (QED) is 0.574. The molecule has 0 amide bonds. The van der Waals surface area contributed by atoms with E-state index in [1.54, 1.807) is 0 Å². The Balaban J connectivity index is 2.48. The topological polar surface area (TPSA) is 49.8 Å². The monoisotopic (exact) mass is 165 g/mol. The highest BCUT2D eigenvalue weighted by atomic mass is 31.2. The van der Waals surface area contributed by atoms with E-state index in [1.165, 1.54) is 0 Å². The first-order valence-electron chi connectivity index (χ1n) is 3.33. The van der Waals surface area contributed by atoms with Crippen LogP contribution in [0.5, 0.6) is 0 Å². The van der Waals surface area contributed by atoms with Gasteiger partial charge in [0.25, 0.3) is 0 Å². The fourth-order valence-corrected chi connectivity index (χ4v) is 2.23. The van der Waals surface area contributed by atoms with Crippen LogP contribution in [0, 0.1) is 0 Å². The first kappa shape index (κ1) is 8.21. The van der Waals surface area contributed by atoms with Crippen molar-refractivity contribution in [3.8, 4) is 0 Å². The Morgan fingerprint density at radius 2 is 2.50 bits per heavy atom. The Kier molecular flexibility index (Phi) is 2.47. The maximum absolute atomic E-state index is 10.9. The zero-order valence-corrected chi connectivity index (χ0v) is 6.88. The predicted octanol–water partition coefficient (Wildman–Crippen LogP) is 0.481. The van der Waals surface area contributed by atoms with Gasteiger partial charge in [-0.3, -0.25) is 9.46 Å². The van der Waals surface area contributed by atoms with E-state index in [1.807, 2.05) is 11.8 Å². The van der Waals surface area contributed by atoms with E-state index < -0.39 is 7.60 Å². The third-order valence-electron chi connectivity index (χ3n) is 1.53. The summed E-state index contributed by atoms with van der Waals surface area (Å²) < 4.78 is 15.6. The summed E-state index contributed by atoms with van der Waals surface area (Å²) in [6.07, 6.45) is 0.184. The van der Waals surface area contributed by atoms with Gasteiger partial charge in [0.05, 0.1) is 6.61 Å². The van der Waals surface area contributed by atoms with Crippen LogP contribution in [0.1, 0.15) is 6.92 Å². The van der Waals surface area contributed by atoms with Crippen LogP contribution in [0.15, 0.2) is 0 Å². The fraction of sp³-hybridized carbons (Fsp3) is 1.00. The molecule has 0 saturated carbocycles. The summed E-state index contributed by atoms with van der Waals surface area (Å²) in [5.41, 5.74) is 0. The van der Waals surface area contributed by atoms with Crippen LogP contribution in [0.25, 0.3) is 0 Å². The second-order valence-electron chi connectivity index (χ2n) is 2.32. The highest BCUT2D eigenvalue weighted by molar-refractivity contribution is 7.52. The molecule has 1 N–H and O–H groups in total. The van der Waals surface area contributed by atoms with E-state index in [0.29, 0.717) is 6.61 Å². The second kappa shape index (κ2) is 3.01. The first-order chi connectivity index (χ1) is 4.64. The Morgan fingerprint density at radius 1 is 1.80 bits per heavy atom. The van der Waals surface area contributed by atoms with Gasteiger partial charge >= 0.3 is 7.60 Å². The molecule has 1 fully saturated rings. The fourth-order valence-electron chi connectivity index (χ4n) is 0.935. The van der Waals surface area contributed by atoms with Gasteiger partial charge in [-0.15, -0.1) is 0 Å². The largest absolute Gasteiger partial charge is 0.342 e. The van der Waals surface area contributed by atoms with Crippen LogP contribution in [0.2, 0.25) is 0 Å². The summed E-state index contributed by atoms with van der Waals surface area (Å²) >= 11 is 0. The molecule has 0 aromatic heterocycles. The molecule has 1 atom stereocenters. The third kappa shape index (κ3) is 2.06. The van der Waals surface area contributed by atoms with Crippen molar-refractivity contribution in [3.63, 3.8) is 0 Å². The van der Waals surface area contributed by atoms with Crippen LogP contribution >= 0.6 is 7.60 Å². The summed E-state index contributed by atoms with van der Waals surface area (Å²) in [7, 11) is -3.23. The summed E-state index contributed by atoms with van der Waals surface area (Å²) in [5.74, 6) is 0. The lowest BCUT2D eigenvalue weighted by molar-refractivity contribution is 0.161. The summed E-state index contributed by atoms with van der Waals surface area (Å²) in [6.45, 7) is 3.92. The molecule has 1 rings (SSSR count). The van der Waals surface area contributed by atoms with Crippen LogP contribution in [-0.2, 0) is 9.09 Å². The van der Waals surface area contributed by atoms with Gasteiger partial charge in [0.1, 0.15) is 6.29 Å². The van der Waals surface area contributed by atoms with Crippen LogP contribution in [-0.4, -0.2) is 35.8 Å². The lowest BCUT2D eigenvalue weighted by atomic mass is 10.5. The lowest BCUT2D eigenvalue weighted by Gasteiger charge is -2.28. The van der Waals surface area contributed by atoms with Gasteiger partial charge in [-0.25, -0.2) is 0 Å².